The fraction of sp³-hybridized carbons (Fsp3) is 0.114. The molecule has 0 fully saturated rings. The van der Waals surface area contributed by atoms with Crippen LogP contribution in [0.5, 0.6) is 5.75 Å². The first-order chi connectivity index (χ1) is 20.6. The van der Waals surface area contributed by atoms with Gasteiger partial charge in [-0.2, -0.15) is 0 Å². The van der Waals surface area contributed by atoms with Crippen molar-refractivity contribution in [2.75, 3.05) is 13.2 Å². The molecule has 0 saturated heterocycles. The highest BCUT2D eigenvalue weighted by molar-refractivity contribution is 7.07. The largest absolute Gasteiger partial charge is 0.480 e. The van der Waals surface area contributed by atoms with Crippen LogP contribution in [0.15, 0.2) is 112 Å². The zero-order valence-corrected chi connectivity index (χ0v) is 23.6. The minimum atomic E-state index is -0.733. The summed E-state index contributed by atoms with van der Waals surface area (Å²) in [5.41, 5.74) is 2.82. The molecular weight excluding hydrogens is 544 g/mol. The topological polar surface area (TPSA) is 69.9 Å². The Morgan fingerprint density at radius 1 is 1.00 bits per heavy atom. The number of nitrogens with zero attached hydrogens (tertiary/aromatic N) is 2. The lowest BCUT2D eigenvalue weighted by Gasteiger charge is -2.25. The standard InChI is InChI=1S/C35H26N2O4S/c1-3-21-41-28-20-19-23-13-11-12-18-26(23)27(28)22-29-33(38)37-32(25-16-9-6-10-17-25)30(34(39)40-4-2)31(36-35(37)42-29)24-14-7-5-8-15-24/h1,5-20,22,32H,4,21H2,2H3. The molecule has 0 N–H and O–H groups in total. The molecule has 0 saturated carbocycles. The molecule has 2 heterocycles. The number of hydrogen-bond acceptors (Lipinski definition) is 6. The maximum Gasteiger partial charge on any atom is 0.338 e. The summed E-state index contributed by atoms with van der Waals surface area (Å²) in [6, 6.07) is 30.0. The van der Waals surface area contributed by atoms with Gasteiger partial charge in [0.15, 0.2) is 4.80 Å². The molecule has 1 unspecified atom stereocenters. The maximum atomic E-state index is 14.3. The highest BCUT2D eigenvalue weighted by Gasteiger charge is 2.35. The van der Waals surface area contributed by atoms with Crippen LogP contribution in [0.25, 0.3) is 22.5 Å². The predicted octanol–water partition coefficient (Wildman–Crippen LogP) is 5.10. The van der Waals surface area contributed by atoms with Gasteiger partial charge in [0.2, 0.25) is 0 Å². The number of rotatable bonds is 7. The van der Waals surface area contributed by atoms with Gasteiger partial charge in [-0.15, -0.1) is 6.42 Å². The van der Waals surface area contributed by atoms with E-state index in [9.17, 15) is 9.59 Å². The summed E-state index contributed by atoms with van der Waals surface area (Å²) in [7, 11) is 0. The number of ether oxygens (including phenoxy) is 2. The van der Waals surface area contributed by atoms with Gasteiger partial charge in [-0.05, 0) is 35.4 Å². The molecule has 0 spiro atoms. The molecule has 1 aliphatic rings. The van der Waals surface area contributed by atoms with E-state index in [2.05, 4.69) is 5.92 Å². The number of benzene rings is 4. The van der Waals surface area contributed by atoms with Gasteiger partial charge in [0.05, 0.1) is 28.5 Å². The van der Waals surface area contributed by atoms with Crippen LogP contribution in [0, 0.1) is 12.3 Å². The van der Waals surface area contributed by atoms with Gasteiger partial charge in [-0.3, -0.25) is 9.36 Å². The lowest BCUT2D eigenvalue weighted by atomic mass is 9.93. The Hall–Kier alpha value is -5.19. The van der Waals surface area contributed by atoms with E-state index >= 15 is 0 Å². The minimum Gasteiger partial charge on any atom is -0.480 e. The molecule has 0 radical (unpaired) electrons. The first-order valence-corrected chi connectivity index (χ1v) is 14.3. The maximum absolute atomic E-state index is 14.3. The zero-order valence-electron chi connectivity index (χ0n) is 22.8. The van der Waals surface area contributed by atoms with Crippen LogP contribution < -0.4 is 19.6 Å². The minimum absolute atomic E-state index is 0.0950. The number of aromatic nitrogens is 1. The second-order valence-corrected chi connectivity index (χ2v) is 10.5. The van der Waals surface area contributed by atoms with Crippen molar-refractivity contribution in [3.05, 3.63) is 139 Å². The van der Waals surface area contributed by atoms with Crippen LogP contribution in [0.2, 0.25) is 0 Å². The van der Waals surface area contributed by atoms with Gasteiger partial charge in [0.25, 0.3) is 5.56 Å². The van der Waals surface area contributed by atoms with Crippen molar-refractivity contribution in [2.45, 2.75) is 13.0 Å². The predicted molar refractivity (Wildman–Crippen MR) is 166 cm³/mol. The normalized spacial score (nSPS) is 14.7. The van der Waals surface area contributed by atoms with Gasteiger partial charge in [-0.1, -0.05) is 108 Å². The average Bonchev–Trinajstić information content (AvgIpc) is 3.35. The Morgan fingerprint density at radius 2 is 1.71 bits per heavy atom. The van der Waals surface area contributed by atoms with E-state index in [0.717, 1.165) is 27.5 Å². The van der Waals surface area contributed by atoms with Crippen LogP contribution in [-0.2, 0) is 9.53 Å². The van der Waals surface area contributed by atoms with Crippen molar-refractivity contribution in [3.63, 3.8) is 0 Å². The van der Waals surface area contributed by atoms with E-state index in [4.69, 9.17) is 20.9 Å². The molecule has 0 amide bonds. The number of carbonyl (C=O) groups excluding carboxylic acids is 1. The average molecular weight is 571 g/mol. The molecule has 1 aliphatic heterocycles. The highest BCUT2D eigenvalue weighted by Crippen LogP contribution is 2.35. The van der Waals surface area contributed by atoms with E-state index in [1.165, 1.54) is 11.3 Å². The number of hydrogen-bond donors (Lipinski definition) is 0. The van der Waals surface area contributed by atoms with E-state index in [1.807, 2.05) is 103 Å². The Bertz CT molecular complexity index is 2050. The van der Waals surface area contributed by atoms with Crippen LogP contribution in [-0.4, -0.2) is 23.8 Å². The molecule has 0 bridgehead atoms. The molecule has 206 valence electrons. The fourth-order valence-corrected chi connectivity index (χ4v) is 6.17. The van der Waals surface area contributed by atoms with Gasteiger partial charge in [0.1, 0.15) is 12.4 Å². The van der Waals surface area contributed by atoms with Crippen molar-refractivity contribution in [1.82, 2.24) is 4.57 Å². The lowest BCUT2D eigenvalue weighted by molar-refractivity contribution is -0.138. The second-order valence-electron chi connectivity index (χ2n) is 9.53. The van der Waals surface area contributed by atoms with Gasteiger partial charge in [0, 0.05) is 11.1 Å². The van der Waals surface area contributed by atoms with Crippen molar-refractivity contribution >= 4 is 39.9 Å². The third kappa shape index (κ3) is 4.93. The summed E-state index contributed by atoms with van der Waals surface area (Å²) < 4.78 is 13.5. The van der Waals surface area contributed by atoms with Crippen molar-refractivity contribution in [2.24, 2.45) is 4.99 Å². The van der Waals surface area contributed by atoms with Crippen molar-refractivity contribution < 1.29 is 14.3 Å². The van der Waals surface area contributed by atoms with E-state index in [-0.39, 0.29) is 18.8 Å². The number of terminal acetylenes is 1. The summed E-state index contributed by atoms with van der Waals surface area (Å²) in [5, 5.41) is 1.93. The number of fused-ring (bicyclic) bond motifs is 2. The highest BCUT2D eigenvalue weighted by atomic mass is 32.1. The Morgan fingerprint density at radius 3 is 2.45 bits per heavy atom. The SMILES string of the molecule is C#CCOc1ccc2ccccc2c1C=c1sc2n(c1=O)C(c1ccccc1)C(C(=O)OCC)=C(c1ccccc1)N=2. The van der Waals surface area contributed by atoms with Crippen LogP contribution in [0.1, 0.15) is 29.7 Å². The summed E-state index contributed by atoms with van der Waals surface area (Å²) in [6.45, 7) is 2.05. The number of carbonyl (C=O) groups is 1. The molecular formula is C35H26N2O4S. The Kier molecular flexibility index (Phi) is 7.54. The Balaban J connectivity index is 1.66. The fourth-order valence-electron chi connectivity index (χ4n) is 5.19. The number of esters is 1. The molecule has 4 aromatic carbocycles. The molecule has 5 aromatic rings. The van der Waals surface area contributed by atoms with Crippen molar-refractivity contribution in [3.8, 4) is 18.1 Å². The Labute approximate surface area is 246 Å². The molecule has 6 nitrogen and oxygen atoms in total. The smallest absolute Gasteiger partial charge is 0.338 e. The summed E-state index contributed by atoms with van der Waals surface area (Å²) in [4.78, 5) is 33.3. The van der Waals surface area contributed by atoms with Gasteiger partial charge in [-0.25, -0.2) is 9.79 Å². The van der Waals surface area contributed by atoms with E-state index in [1.54, 1.807) is 11.5 Å². The van der Waals surface area contributed by atoms with Gasteiger partial charge >= 0.3 is 5.97 Å². The molecule has 1 aromatic heterocycles. The number of thiazole rings is 1. The molecule has 7 heteroatoms. The van der Waals surface area contributed by atoms with Crippen LogP contribution >= 0.6 is 11.3 Å². The third-order valence-corrected chi connectivity index (χ3v) is 7.99. The summed E-state index contributed by atoms with van der Waals surface area (Å²) in [5.74, 6) is 2.58. The van der Waals surface area contributed by atoms with Gasteiger partial charge < -0.3 is 9.47 Å². The molecule has 0 aliphatic carbocycles. The second kappa shape index (κ2) is 11.7. The van der Waals surface area contributed by atoms with Crippen LogP contribution in [0.3, 0.4) is 0 Å². The lowest BCUT2D eigenvalue weighted by Crippen LogP contribution is -2.40. The van der Waals surface area contributed by atoms with E-state index in [0.29, 0.717) is 26.4 Å². The zero-order chi connectivity index (χ0) is 29.1. The first kappa shape index (κ1) is 27.0. The molecule has 42 heavy (non-hydrogen) atoms. The van der Waals surface area contributed by atoms with E-state index < -0.39 is 12.0 Å². The summed E-state index contributed by atoms with van der Waals surface area (Å²) >= 11 is 1.27. The first-order valence-electron chi connectivity index (χ1n) is 13.5. The monoisotopic (exact) mass is 570 g/mol. The summed E-state index contributed by atoms with van der Waals surface area (Å²) in [6.07, 6.45) is 7.31. The third-order valence-electron chi connectivity index (χ3n) is 7.01. The molecule has 1 atom stereocenters. The van der Waals surface area contributed by atoms with Crippen LogP contribution in [0.4, 0.5) is 0 Å². The quantitative estimate of drug-likeness (QED) is 0.202. The van der Waals surface area contributed by atoms with Crippen molar-refractivity contribution in [1.29, 1.82) is 0 Å². The molecule has 6 rings (SSSR count).